The van der Waals surface area contributed by atoms with Crippen molar-refractivity contribution in [3.05, 3.63) is 56.5 Å². The molecule has 104 valence electrons. The summed E-state index contributed by atoms with van der Waals surface area (Å²) in [4.78, 5) is 10.9. The molecule has 0 fully saturated rings. The van der Waals surface area contributed by atoms with Crippen LogP contribution in [0.3, 0.4) is 0 Å². The molecule has 5 heteroatoms. The van der Waals surface area contributed by atoms with Crippen LogP contribution >= 0.6 is 27.5 Å². The molecule has 0 aliphatic rings. The van der Waals surface area contributed by atoms with Crippen molar-refractivity contribution in [2.45, 2.75) is 13.8 Å². The molecule has 0 saturated heterocycles. The molecule has 20 heavy (non-hydrogen) atoms. The Morgan fingerprint density at radius 1 is 1.15 bits per heavy atom. The number of halogens is 2. The summed E-state index contributed by atoms with van der Waals surface area (Å²) in [6.45, 7) is 3.95. The normalized spacial score (nSPS) is 10.4. The highest BCUT2D eigenvalue weighted by atomic mass is 79.9. The van der Waals surface area contributed by atoms with Crippen molar-refractivity contribution in [2.24, 2.45) is 0 Å². The van der Waals surface area contributed by atoms with E-state index in [-0.39, 0.29) is 10.6 Å². The van der Waals surface area contributed by atoms with Crippen LogP contribution in [0.25, 0.3) is 0 Å². The van der Waals surface area contributed by atoms with E-state index >= 15 is 0 Å². The third-order valence-electron chi connectivity index (χ3n) is 2.82. The molecule has 0 unspecified atom stereocenters. The van der Waals surface area contributed by atoms with Crippen LogP contribution in [-0.2, 0) is 0 Å². The maximum Gasteiger partial charge on any atom is 0.337 e. The first kappa shape index (κ1) is 14.9. The second-order valence-electron chi connectivity index (χ2n) is 4.42. The van der Waals surface area contributed by atoms with Gasteiger partial charge in [0.15, 0.2) is 0 Å². The Labute approximate surface area is 130 Å². The van der Waals surface area contributed by atoms with Crippen molar-refractivity contribution in [1.29, 1.82) is 0 Å². The highest BCUT2D eigenvalue weighted by Gasteiger charge is 2.10. The van der Waals surface area contributed by atoms with Crippen LogP contribution in [0, 0.1) is 13.8 Å². The Kier molecular flexibility index (Phi) is 4.35. The highest BCUT2D eigenvalue weighted by Crippen LogP contribution is 2.31. The van der Waals surface area contributed by atoms with Gasteiger partial charge in [-0.1, -0.05) is 27.5 Å². The van der Waals surface area contributed by atoms with Gasteiger partial charge in [0.1, 0.15) is 11.5 Å². The number of carbonyl (C=O) groups is 1. The van der Waals surface area contributed by atoms with Crippen LogP contribution in [0.2, 0.25) is 5.02 Å². The molecular weight excluding hydrogens is 344 g/mol. The third-order valence-corrected chi connectivity index (χ3v) is 4.38. The van der Waals surface area contributed by atoms with Crippen LogP contribution < -0.4 is 4.74 Å². The molecule has 2 aromatic carbocycles. The van der Waals surface area contributed by atoms with Crippen LogP contribution in [0.4, 0.5) is 0 Å². The zero-order chi connectivity index (χ0) is 14.9. The lowest BCUT2D eigenvalue weighted by molar-refractivity contribution is 0.0697. The minimum absolute atomic E-state index is 0.0576. The molecule has 0 amide bonds. The molecule has 0 bridgehead atoms. The Morgan fingerprint density at radius 3 is 2.25 bits per heavy atom. The van der Waals surface area contributed by atoms with Crippen LogP contribution in [0.1, 0.15) is 21.5 Å². The van der Waals surface area contributed by atoms with Gasteiger partial charge in [0.05, 0.1) is 10.6 Å². The summed E-state index contributed by atoms with van der Waals surface area (Å²) < 4.78 is 6.76. The van der Waals surface area contributed by atoms with Crippen molar-refractivity contribution >= 4 is 33.5 Å². The summed E-state index contributed by atoms with van der Waals surface area (Å²) >= 11 is 9.40. The Hall–Kier alpha value is -1.52. The van der Waals surface area contributed by atoms with Crippen molar-refractivity contribution in [3.63, 3.8) is 0 Å². The van der Waals surface area contributed by atoms with Gasteiger partial charge in [-0.25, -0.2) is 4.79 Å². The van der Waals surface area contributed by atoms with Gasteiger partial charge in [-0.3, -0.25) is 0 Å². The van der Waals surface area contributed by atoms with Crippen molar-refractivity contribution in [2.75, 3.05) is 0 Å². The van der Waals surface area contributed by atoms with E-state index in [1.54, 1.807) is 6.07 Å². The summed E-state index contributed by atoms with van der Waals surface area (Å²) in [5.41, 5.74) is 2.18. The van der Waals surface area contributed by atoms with Crippen LogP contribution in [0.5, 0.6) is 11.5 Å². The number of carboxylic acid groups (broad SMARTS) is 1. The third kappa shape index (κ3) is 3.14. The molecule has 0 spiro atoms. The molecule has 0 heterocycles. The Morgan fingerprint density at radius 2 is 1.75 bits per heavy atom. The van der Waals surface area contributed by atoms with Gasteiger partial charge < -0.3 is 9.84 Å². The molecule has 0 saturated carbocycles. The zero-order valence-corrected chi connectivity index (χ0v) is 13.2. The number of carboxylic acids is 1. The molecule has 0 aromatic heterocycles. The van der Waals surface area contributed by atoms with Crippen molar-refractivity contribution < 1.29 is 14.6 Å². The van der Waals surface area contributed by atoms with Gasteiger partial charge in [0.2, 0.25) is 0 Å². The molecule has 0 aliphatic heterocycles. The maximum absolute atomic E-state index is 10.9. The minimum atomic E-state index is -1.06. The van der Waals surface area contributed by atoms with E-state index in [1.807, 2.05) is 26.0 Å². The molecule has 0 aliphatic carbocycles. The lowest BCUT2D eigenvalue weighted by Gasteiger charge is -2.10. The lowest BCUT2D eigenvalue weighted by atomic mass is 10.1. The molecule has 0 atom stereocenters. The average Bonchev–Trinajstić information content (AvgIpc) is 2.35. The quantitative estimate of drug-likeness (QED) is 0.822. The number of ether oxygens (including phenoxy) is 1. The SMILES string of the molecule is Cc1cc(Oc2ccc(C(=O)O)c(Cl)c2)cc(C)c1Br. The van der Waals surface area contributed by atoms with Crippen LogP contribution in [0.15, 0.2) is 34.8 Å². The number of aromatic carboxylic acids is 1. The number of hydrogen-bond acceptors (Lipinski definition) is 2. The topological polar surface area (TPSA) is 46.5 Å². The minimum Gasteiger partial charge on any atom is -0.478 e. The van der Waals surface area contributed by atoms with Crippen LogP contribution in [-0.4, -0.2) is 11.1 Å². The van der Waals surface area contributed by atoms with E-state index in [4.69, 9.17) is 21.4 Å². The maximum atomic E-state index is 10.9. The smallest absolute Gasteiger partial charge is 0.337 e. The van der Waals surface area contributed by atoms with Gasteiger partial charge >= 0.3 is 5.97 Å². The predicted molar refractivity (Wildman–Crippen MR) is 82.1 cm³/mol. The summed E-state index contributed by atoms with van der Waals surface area (Å²) in [5.74, 6) is 0.125. The first-order valence-electron chi connectivity index (χ1n) is 5.86. The largest absolute Gasteiger partial charge is 0.478 e. The monoisotopic (exact) mass is 354 g/mol. The lowest BCUT2D eigenvalue weighted by Crippen LogP contribution is -1.97. The number of benzene rings is 2. The molecule has 0 radical (unpaired) electrons. The van der Waals surface area contributed by atoms with E-state index < -0.39 is 5.97 Å². The Balaban J connectivity index is 2.31. The van der Waals surface area contributed by atoms with E-state index in [1.165, 1.54) is 12.1 Å². The van der Waals surface area contributed by atoms with Crippen molar-refractivity contribution in [3.8, 4) is 11.5 Å². The molecule has 3 nitrogen and oxygen atoms in total. The zero-order valence-electron chi connectivity index (χ0n) is 10.9. The first-order valence-corrected chi connectivity index (χ1v) is 7.03. The van der Waals surface area contributed by atoms with E-state index in [0.717, 1.165) is 15.6 Å². The fourth-order valence-electron chi connectivity index (χ4n) is 1.83. The molecule has 1 N–H and O–H groups in total. The summed E-state index contributed by atoms with van der Waals surface area (Å²) in [6, 6.07) is 8.31. The van der Waals surface area contributed by atoms with Gasteiger partial charge in [-0.15, -0.1) is 0 Å². The van der Waals surface area contributed by atoms with Gasteiger partial charge in [0, 0.05) is 10.5 Å². The predicted octanol–water partition coefficient (Wildman–Crippen LogP) is 5.21. The number of hydrogen-bond donors (Lipinski definition) is 1. The van der Waals surface area contributed by atoms with Gasteiger partial charge in [0.25, 0.3) is 0 Å². The molecular formula is C15H12BrClO3. The Bertz CT molecular complexity index is 660. The molecule has 2 rings (SSSR count). The fourth-order valence-corrected chi connectivity index (χ4v) is 2.31. The summed E-state index contributed by atoms with van der Waals surface area (Å²) in [6.07, 6.45) is 0. The fraction of sp³-hybridized carbons (Fsp3) is 0.133. The van der Waals surface area contributed by atoms with Gasteiger partial charge in [-0.05, 0) is 49.2 Å². The highest BCUT2D eigenvalue weighted by molar-refractivity contribution is 9.10. The summed E-state index contributed by atoms with van der Waals surface area (Å²) in [7, 11) is 0. The van der Waals surface area contributed by atoms with Gasteiger partial charge in [-0.2, -0.15) is 0 Å². The second kappa shape index (κ2) is 5.85. The van der Waals surface area contributed by atoms with E-state index in [2.05, 4.69) is 15.9 Å². The average molecular weight is 356 g/mol. The number of rotatable bonds is 3. The molecule has 2 aromatic rings. The van der Waals surface area contributed by atoms with E-state index in [9.17, 15) is 4.79 Å². The van der Waals surface area contributed by atoms with Crippen molar-refractivity contribution in [1.82, 2.24) is 0 Å². The summed E-state index contributed by atoms with van der Waals surface area (Å²) in [5, 5.41) is 9.07. The first-order chi connectivity index (χ1) is 9.38. The second-order valence-corrected chi connectivity index (χ2v) is 5.62. The number of aryl methyl sites for hydroxylation is 2. The van der Waals surface area contributed by atoms with E-state index in [0.29, 0.717) is 11.5 Å². The standard InChI is InChI=1S/C15H12BrClO3/c1-8-5-11(6-9(2)14(8)16)20-10-3-4-12(15(18)19)13(17)7-10/h3-7H,1-2H3,(H,18,19).